The minimum Gasteiger partial charge on any atom is -0.409 e. The molecule has 1 saturated carbocycles. The largest absolute Gasteiger partial charge is 0.409 e. The molecule has 1 aliphatic carbocycles. The predicted octanol–water partition coefficient (Wildman–Crippen LogP) is 3.04. The summed E-state index contributed by atoms with van der Waals surface area (Å²) in [5.74, 6) is 1.77. The highest BCUT2D eigenvalue weighted by Crippen LogP contribution is 2.33. The van der Waals surface area contributed by atoms with Crippen LogP contribution in [-0.2, 0) is 0 Å². The third-order valence-electron chi connectivity index (χ3n) is 4.80. The Hall–Kier alpha value is -1.71. The number of amidine groups is 1. The molecular formula is C16H25N3O. The summed E-state index contributed by atoms with van der Waals surface area (Å²) in [5, 5.41) is 11.7. The molecule has 0 aromatic heterocycles. The number of anilines is 1. The first kappa shape index (κ1) is 14.7. The Balaban J connectivity index is 2.07. The van der Waals surface area contributed by atoms with Crippen LogP contribution in [0.2, 0.25) is 0 Å². The Morgan fingerprint density at radius 1 is 1.20 bits per heavy atom. The summed E-state index contributed by atoms with van der Waals surface area (Å²) in [4.78, 5) is 2.36. The molecule has 0 spiro atoms. The second-order valence-corrected chi connectivity index (χ2v) is 6.06. The molecule has 2 rings (SSSR count). The topological polar surface area (TPSA) is 61.8 Å². The molecule has 0 aliphatic heterocycles. The van der Waals surface area contributed by atoms with Crippen LogP contribution in [0.25, 0.3) is 0 Å². The molecule has 4 nitrogen and oxygen atoms in total. The van der Waals surface area contributed by atoms with Crippen molar-refractivity contribution in [3.63, 3.8) is 0 Å². The second-order valence-electron chi connectivity index (χ2n) is 6.06. The van der Waals surface area contributed by atoms with Crippen molar-refractivity contribution in [1.82, 2.24) is 0 Å². The van der Waals surface area contributed by atoms with E-state index < -0.39 is 0 Å². The van der Waals surface area contributed by atoms with Crippen molar-refractivity contribution in [3.05, 3.63) is 29.8 Å². The van der Waals surface area contributed by atoms with E-state index in [-0.39, 0.29) is 5.84 Å². The summed E-state index contributed by atoms with van der Waals surface area (Å²) in [6, 6.07) is 8.48. The van der Waals surface area contributed by atoms with Gasteiger partial charge in [-0.15, -0.1) is 0 Å². The maximum absolute atomic E-state index is 8.68. The molecule has 0 radical (unpaired) electrons. The lowest BCUT2D eigenvalue weighted by atomic mass is 9.78. The molecular weight excluding hydrogens is 250 g/mol. The van der Waals surface area contributed by atoms with Crippen LogP contribution < -0.4 is 10.6 Å². The summed E-state index contributed by atoms with van der Waals surface area (Å²) in [6.07, 6.45) is 3.81. The zero-order valence-electron chi connectivity index (χ0n) is 12.6. The standard InChI is InChI=1S/C16H25N3O/c1-11-4-7-15(10-12(11)2)19(3)14-8-5-13(6-9-14)16(17)18-20/h5-6,8-9,11-12,15,20H,4,7,10H2,1-3H3,(H2,17,18). The number of rotatable bonds is 3. The summed E-state index contributed by atoms with van der Waals surface area (Å²) < 4.78 is 0. The van der Waals surface area contributed by atoms with Crippen molar-refractivity contribution in [2.24, 2.45) is 22.7 Å². The molecule has 110 valence electrons. The maximum atomic E-state index is 8.68. The van der Waals surface area contributed by atoms with Crippen LogP contribution in [0.5, 0.6) is 0 Å². The number of oxime groups is 1. The van der Waals surface area contributed by atoms with Crippen LogP contribution in [0, 0.1) is 11.8 Å². The predicted molar refractivity (Wildman–Crippen MR) is 83.3 cm³/mol. The van der Waals surface area contributed by atoms with Crippen LogP contribution in [0.15, 0.2) is 29.4 Å². The minimum atomic E-state index is 0.152. The minimum absolute atomic E-state index is 0.152. The molecule has 0 heterocycles. The van der Waals surface area contributed by atoms with Gasteiger partial charge >= 0.3 is 0 Å². The molecule has 0 amide bonds. The zero-order chi connectivity index (χ0) is 14.7. The SMILES string of the molecule is CC1CCC(N(C)c2ccc(C(N)=NO)cc2)CC1C. The van der Waals surface area contributed by atoms with Gasteiger partial charge in [-0.2, -0.15) is 0 Å². The van der Waals surface area contributed by atoms with E-state index in [2.05, 4.69) is 31.0 Å². The third-order valence-corrected chi connectivity index (χ3v) is 4.80. The highest BCUT2D eigenvalue weighted by atomic mass is 16.4. The summed E-state index contributed by atoms with van der Waals surface area (Å²) in [5.41, 5.74) is 7.52. The summed E-state index contributed by atoms with van der Waals surface area (Å²) in [7, 11) is 2.16. The van der Waals surface area contributed by atoms with Crippen molar-refractivity contribution in [3.8, 4) is 0 Å². The fraction of sp³-hybridized carbons (Fsp3) is 0.562. The van der Waals surface area contributed by atoms with Gasteiger partial charge < -0.3 is 15.8 Å². The second kappa shape index (κ2) is 6.16. The average Bonchev–Trinajstić information content (AvgIpc) is 2.48. The van der Waals surface area contributed by atoms with E-state index in [9.17, 15) is 0 Å². The van der Waals surface area contributed by atoms with E-state index >= 15 is 0 Å². The number of benzene rings is 1. The molecule has 4 heteroatoms. The van der Waals surface area contributed by atoms with Gasteiger partial charge in [-0.3, -0.25) is 0 Å². The van der Waals surface area contributed by atoms with Gasteiger partial charge in [0.15, 0.2) is 5.84 Å². The van der Waals surface area contributed by atoms with Gasteiger partial charge in [-0.25, -0.2) is 0 Å². The van der Waals surface area contributed by atoms with E-state index in [1.807, 2.05) is 24.3 Å². The van der Waals surface area contributed by atoms with Gasteiger partial charge in [0.2, 0.25) is 0 Å². The lowest BCUT2D eigenvalue weighted by Crippen LogP contribution is -2.37. The number of nitrogens with two attached hydrogens (primary N) is 1. The Morgan fingerprint density at radius 2 is 1.85 bits per heavy atom. The van der Waals surface area contributed by atoms with E-state index in [0.29, 0.717) is 6.04 Å². The Kier molecular flexibility index (Phi) is 4.53. The molecule has 1 fully saturated rings. The van der Waals surface area contributed by atoms with Gasteiger partial charge in [0.05, 0.1) is 0 Å². The lowest BCUT2D eigenvalue weighted by Gasteiger charge is -2.38. The highest BCUT2D eigenvalue weighted by Gasteiger charge is 2.27. The molecule has 1 aromatic carbocycles. The van der Waals surface area contributed by atoms with Gasteiger partial charge in [0.1, 0.15) is 0 Å². The van der Waals surface area contributed by atoms with Crippen LogP contribution in [0.1, 0.15) is 38.7 Å². The smallest absolute Gasteiger partial charge is 0.170 e. The van der Waals surface area contributed by atoms with Crippen LogP contribution in [0.4, 0.5) is 5.69 Å². The van der Waals surface area contributed by atoms with Crippen LogP contribution >= 0.6 is 0 Å². The molecule has 3 N–H and O–H groups in total. The first-order valence-electron chi connectivity index (χ1n) is 7.33. The fourth-order valence-corrected chi connectivity index (χ4v) is 3.01. The molecule has 20 heavy (non-hydrogen) atoms. The maximum Gasteiger partial charge on any atom is 0.170 e. The molecule has 3 atom stereocenters. The van der Waals surface area contributed by atoms with Gasteiger partial charge in [-0.1, -0.05) is 19.0 Å². The van der Waals surface area contributed by atoms with Crippen LogP contribution in [0.3, 0.4) is 0 Å². The monoisotopic (exact) mass is 275 g/mol. The molecule has 1 aromatic rings. The van der Waals surface area contributed by atoms with Crippen molar-refractivity contribution in [1.29, 1.82) is 0 Å². The van der Waals surface area contributed by atoms with E-state index in [4.69, 9.17) is 10.9 Å². The van der Waals surface area contributed by atoms with Crippen molar-refractivity contribution >= 4 is 11.5 Å². The quantitative estimate of drug-likeness (QED) is 0.386. The fourth-order valence-electron chi connectivity index (χ4n) is 3.01. The van der Waals surface area contributed by atoms with E-state index in [0.717, 1.165) is 17.4 Å². The van der Waals surface area contributed by atoms with Gasteiger partial charge in [0, 0.05) is 24.3 Å². The van der Waals surface area contributed by atoms with Gasteiger partial charge in [-0.05, 0) is 55.4 Å². The zero-order valence-corrected chi connectivity index (χ0v) is 12.6. The first-order chi connectivity index (χ1) is 9.52. The average molecular weight is 275 g/mol. The lowest BCUT2D eigenvalue weighted by molar-refractivity contribution is 0.247. The Morgan fingerprint density at radius 3 is 2.40 bits per heavy atom. The van der Waals surface area contributed by atoms with Crippen molar-refractivity contribution < 1.29 is 5.21 Å². The summed E-state index contributed by atoms with van der Waals surface area (Å²) >= 11 is 0. The van der Waals surface area contributed by atoms with Crippen molar-refractivity contribution in [2.75, 3.05) is 11.9 Å². The number of hydrogen-bond acceptors (Lipinski definition) is 3. The number of hydrogen-bond donors (Lipinski definition) is 2. The van der Waals surface area contributed by atoms with Gasteiger partial charge in [0.25, 0.3) is 0 Å². The highest BCUT2D eigenvalue weighted by molar-refractivity contribution is 5.97. The van der Waals surface area contributed by atoms with Crippen LogP contribution in [-0.4, -0.2) is 24.1 Å². The van der Waals surface area contributed by atoms with E-state index in [1.165, 1.54) is 24.9 Å². The Labute approximate surface area is 121 Å². The summed E-state index contributed by atoms with van der Waals surface area (Å²) in [6.45, 7) is 4.71. The van der Waals surface area contributed by atoms with E-state index in [1.54, 1.807) is 0 Å². The molecule has 0 saturated heterocycles. The van der Waals surface area contributed by atoms with Crippen molar-refractivity contribution in [2.45, 2.75) is 39.2 Å². The first-order valence-corrected chi connectivity index (χ1v) is 7.33. The molecule has 3 unspecified atom stereocenters. The number of nitrogens with zero attached hydrogens (tertiary/aromatic N) is 2. The third kappa shape index (κ3) is 3.06. The molecule has 1 aliphatic rings. The molecule has 0 bridgehead atoms. The Bertz CT molecular complexity index is 469. The normalized spacial score (nSPS) is 27.4.